The van der Waals surface area contributed by atoms with Gasteiger partial charge in [0.05, 0.1) is 0 Å². The monoisotopic (exact) mass is 290 g/mol. The van der Waals surface area contributed by atoms with Crippen molar-refractivity contribution in [3.05, 3.63) is 35.9 Å². The first-order valence-corrected chi connectivity index (χ1v) is 7.38. The number of rotatable bonds is 7. The summed E-state index contributed by atoms with van der Waals surface area (Å²) in [4.78, 5) is 23.2. The normalized spacial score (nSPS) is 16.8. The fourth-order valence-corrected chi connectivity index (χ4v) is 2.61. The zero-order valence-corrected chi connectivity index (χ0v) is 12.3. The predicted molar refractivity (Wildman–Crippen MR) is 79.9 cm³/mol. The molecule has 0 bridgehead atoms. The lowest BCUT2D eigenvalue weighted by Gasteiger charge is -2.18. The van der Waals surface area contributed by atoms with Gasteiger partial charge in [-0.3, -0.25) is 0 Å². The molecule has 0 aliphatic heterocycles. The Balaban J connectivity index is 1.89. The van der Waals surface area contributed by atoms with E-state index in [9.17, 15) is 14.7 Å². The first-order valence-electron chi connectivity index (χ1n) is 7.38. The fraction of sp³-hybridized carbons (Fsp3) is 0.500. The van der Waals surface area contributed by atoms with E-state index < -0.39 is 18.0 Å². The van der Waals surface area contributed by atoms with Gasteiger partial charge in [0.2, 0.25) is 0 Å². The molecule has 0 aromatic heterocycles. The summed E-state index contributed by atoms with van der Waals surface area (Å²) in [6, 6.07) is 7.26. The highest BCUT2D eigenvalue weighted by atomic mass is 16.4. The van der Waals surface area contributed by atoms with Gasteiger partial charge in [-0.15, -0.1) is 0 Å². The van der Waals surface area contributed by atoms with Crippen molar-refractivity contribution in [1.29, 1.82) is 0 Å². The van der Waals surface area contributed by atoms with Crippen LogP contribution in [0.3, 0.4) is 0 Å². The van der Waals surface area contributed by atoms with E-state index in [1.54, 1.807) is 24.3 Å². The van der Waals surface area contributed by atoms with Crippen LogP contribution in [-0.2, 0) is 4.79 Å². The van der Waals surface area contributed by atoms with Gasteiger partial charge in [0.15, 0.2) is 6.04 Å². The minimum Gasteiger partial charge on any atom is -0.479 e. The van der Waals surface area contributed by atoms with Gasteiger partial charge < -0.3 is 15.7 Å². The highest BCUT2D eigenvalue weighted by molar-refractivity contribution is 5.83. The number of hydrogen-bond acceptors (Lipinski definition) is 2. The quantitative estimate of drug-likeness (QED) is 0.722. The second-order valence-corrected chi connectivity index (χ2v) is 5.76. The van der Waals surface area contributed by atoms with Gasteiger partial charge >= 0.3 is 12.0 Å². The zero-order chi connectivity index (χ0) is 15.3. The van der Waals surface area contributed by atoms with Gasteiger partial charge in [0.1, 0.15) is 0 Å². The van der Waals surface area contributed by atoms with E-state index in [4.69, 9.17) is 0 Å². The molecule has 1 aromatic rings. The Morgan fingerprint density at radius 1 is 1.29 bits per heavy atom. The van der Waals surface area contributed by atoms with Crippen molar-refractivity contribution < 1.29 is 14.7 Å². The number of hydrogen-bond donors (Lipinski definition) is 3. The molecule has 1 atom stereocenters. The molecular weight excluding hydrogens is 268 g/mol. The Morgan fingerprint density at radius 2 is 1.95 bits per heavy atom. The average molecular weight is 290 g/mol. The van der Waals surface area contributed by atoms with Crippen LogP contribution in [-0.4, -0.2) is 23.7 Å². The van der Waals surface area contributed by atoms with Crippen molar-refractivity contribution in [2.24, 2.45) is 5.41 Å². The summed E-state index contributed by atoms with van der Waals surface area (Å²) in [7, 11) is 0. The molecule has 0 heterocycles. The summed E-state index contributed by atoms with van der Waals surface area (Å²) in [5.41, 5.74) is 0.812. The minimum atomic E-state index is -1.06. The number of carbonyl (C=O) groups excluding carboxylic acids is 1. The summed E-state index contributed by atoms with van der Waals surface area (Å²) in [5.74, 6) is -1.06. The third-order valence-corrected chi connectivity index (χ3v) is 4.02. The SMILES string of the molecule is CCCC1(CNC(=O)N[C@@H](C(=O)O)c2ccccc2)CC1. The van der Waals surface area contributed by atoms with Crippen LogP contribution in [0.5, 0.6) is 0 Å². The summed E-state index contributed by atoms with van der Waals surface area (Å²) < 4.78 is 0. The Hall–Kier alpha value is -2.04. The largest absolute Gasteiger partial charge is 0.479 e. The smallest absolute Gasteiger partial charge is 0.330 e. The highest BCUT2D eigenvalue weighted by Gasteiger charge is 2.41. The van der Waals surface area contributed by atoms with E-state index in [0.717, 1.165) is 25.7 Å². The second-order valence-electron chi connectivity index (χ2n) is 5.76. The Labute approximate surface area is 124 Å². The van der Waals surface area contributed by atoms with Crippen molar-refractivity contribution in [3.63, 3.8) is 0 Å². The van der Waals surface area contributed by atoms with Crippen molar-refractivity contribution in [1.82, 2.24) is 10.6 Å². The molecule has 0 spiro atoms. The van der Waals surface area contributed by atoms with Gasteiger partial charge in [0.25, 0.3) is 0 Å². The number of carbonyl (C=O) groups is 2. The molecule has 5 heteroatoms. The number of nitrogens with one attached hydrogen (secondary N) is 2. The summed E-state index contributed by atoms with van der Waals surface area (Å²) in [6.07, 6.45) is 4.49. The fourth-order valence-electron chi connectivity index (χ4n) is 2.61. The van der Waals surface area contributed by atoms with Gasteiger partial charge in [-0.2, -0.15) is 0 Å². The molecule has 0 radical (unpaired) electrons. The topological polar surface area (TPSA) is 78.4 Å². The molecule has 5 nitrogen and oxygen atoms in total. The van der Waals surface area contributed by atoms with Crippen molar-refractivity contribution >= 4 is 12.0 Å². The number of aliphatic carboxylic acids is 1. The molecular formula is C16H22N2O3. The molecule has 2 rings (SSSR count). The zero-order valence-electron chi connectivity index (χ0n) is 12.3. The van der Waals surface area contributed by atoms with E-state index >= 15 is 0 Å². The van der Waals surface area contributed by atoms with E-state index in [2.05, 4.69) is 17.6 Å². The van der Waals surface area contributed by atoms with Crippen LogP contribution in [0.2, 0.25) is 0 Å². The maximum Gasteiger partial charge on any atom is 0.330 e. The standard InChI is InChI=1S/C16H22N2O3/c1-2-8-16(9-10-16)11-17-15(21)18-13(14(19)20)12-6-4-3-5-7-12/h3-7,13H,2,8-11H2,1H3,(H,19,20)(H2,17,18,21)/t13-/m1/s1. The molecule has 114 valence electrons. The van der Waals surface area contributed by atoms with Crippen molar-refractivity contribution in [2.75, 3.05) is 6.54 Å². The molecule has 21 heavy (non-hydrogen) atoms. The summed E-state index contributed by atoms with van der Waals surface area (Å²) >= 11 is 0. The first kappa shape index (κ1) is 15.4. The maximum absolute atomic E-state index is 11.9. The molecule has 1 fully saturated rings. The highest BCUT2D eigenvalue weighted by Crippen LogP contribution is 2.48. The molecule has 0 saturated heterocycles. The second kappa shape index (κ2) is 6.61. The van der Waals surface area contributed by atoms with Crippen LogP contribution in [0.15, 0.2) is 30.3 Å². The van der Waals surface area contributed by atoms with Crippen molar-refractivity contribution in [3.8, 4) is 0 Å². The molecule has 1 aliphatic rings. The van der Waals surface area contributed by atoms with Crippen LogP contribution in [0, 0.1) is 5.41 Å². The van der Waals surface area contributed by atoms with Crippen LogP contribution in [0.4, 0.5) is 4.79 Å². The molecule has 1 aliphatic carbocycles. The lowest BCUT2D eigenvalue weighted by molar-refractivity contribution is -0.139. The molecule has 3 N–H and O–H groups in total. The van der Waals surface area contributed by atoms with Crippen LogP contribution in [0.1, 0.15) is 44.2 Å². The van der Waals surface area contributed by atoms with Gasteiger partial charge in [-0.25, -0.2) is 9.59 Å². The van der Waals surface area contributed by atoms with Crippen LogP contribution in [0.25, 0.3) is 0 Å². The van der Waals surface area contributed by atoms with Gasteiger partial charge in [0, 0.05) is 6.54 Å². The first-order chi connectivity index (χ1) is 10.1. The lowest BCUT2D eigenvalue weighted by atomic mass is 10.0. The lowest BCUT2D eigenvalue weighted by Crippen LogP contribution is -2.42. The van der Waals surface area contributed by atoms with Crippen LogP contribution < -0.4 is 10.6 Å². The van der Waals surface area contributed by atoms with Crippen molar-refractivity contribution in [2.45, 2.75) is 38.6 Å². The number of urea groups is 1. The van der Waals surface area contributed by atoms with Gasteiger partial charge in [-0.1, -0.05) is 43.7 Å². The minimum absolute atomic E-state index is 0.248. The third kappa shape index (κ3) is 4.21. The Kier molecular flexibility index (Phi) is 4.83. The Bertz CT molecular complexity index is 498. The maximum atomic E-state index is 11.9. The predicted octanol–water partition coefficient (Wildman–Crippen LogP) is 2.69. The molecule has 2 amide bonds. The van der Waals surface area contributed by atoms with Crippen LogP contribution >= 0.6 is 0 Å². The Morgan fingerprint density at radius 3 is 2.48 bits per heavy atom. The average Bonchev–Trinajstić information content (AvgIpc) is 3.24. The van der Waals surface area contributed by atoms with E-state index in [1.165, 1.54) is 0 Å². The van der Waals surface area contributed by atoms with E-state index in [0.29, 0.717) is 12.1 Å². The number of carboxylic acid groups (broad SMARTS) is 1. The van der Waals surface area contributed by atoms with E-state index in [1.807, 2.05) is 6.07 Å². The number of carboxylic acids is 1. The van der Waals surface area contributed by atoms with E-state index in [-0.39, 0.29) is 5.41 Å². The number of benzene rings is 1. The summed E-state index contributed by atoms with van der Waals surface area (Å²) in [6.45, 7) is 2.75. The molecule has 0 unspecified atom stereocenters. The third-order valence-electron chi connectivity index (χ3n) is 4.02. The summed E-state index contributed by atoms with van der Waals surface area (Å²) in [5, 5.41) is 14.6. The molecule has 1 aromatic carbocycles. The van der Waals surface area contributed by atoms with Gasteiger partial charge in [-0.05, 0) is 30.2 Å². The number of amides is 2. The molecule has 1 saturated carbocycles.